The third-order valence-corrected chi connectivity index (χ3v) is 5.76. The quantitative estimate of drug-likeness (QED) is 0.501. The number of aromatic amines is 1. The first-order valence-electron chi connectivity index (χ1n) is 11.4. The molecule has 192 valence electrons. The molecule has 10 nitrogen and oxygen atoms in total. The van der Waals surface area contributed by atoms with Crippen molar-refractivity contribution in [2.45, 2.75) is 27.2 Å². The lowest BCUT2D eigenvalue weighted by Gasteiger charge is -2.23. The van der Waals surface area contributed by atoms with E-state index in [1.165, 1.54) is 13.4 Å². The zero-order chi connectivity index (χ0) is 26.1. The number of carbonyl (C=O) groups excluding carboxylic acids is 4. The molecule has 3 rings (SSSR count). The Kier molecular flexibility index (Phi) is 10.4. The van der Waals surface area contributed by atoms with Crippen molar-refractivity contribution in [3.05, 3.63) is 30.0 Å². The molecule has 1 aliphatic heterocycles. The number of rotatable bonds is 8. The van der Waals surface area contributed by atoms with Gasteiger partial charge in [0.05, 0.1) is 26.1 Å². The predicted octanol–water partition coefficient (Wildman–Crippen LogP) is 2.07. The Morgan fingerprint density at radius 2 is 1.94 bits per heavy atom. The predicted molar refractivity (Wildman–Crippen MR) is 135 cm³/mol. The van der Waals surface area contributed by atoms with Gasteiger partial charge in [-0.15, -0.1) is 0 Å². The first kappa shape index (κ1) is 28.0. The van der Waals surface area contributed by atoms with Gasteiger partial charge in [-0.3, -0.25) is 19.2 Å². The van der Waals surface area contributed by atoms with Crippen molar-refractivity contribution in [1.82, 2.24) is 20.5 Å². The molecule has 1 fully saturated rings. The third kappa shape index (κ3) is 8.20. The first-order chi connectivity index (χ1) is 16.5. The number of carbonyl (C=O) groups is 4. The van der Waals surface area contributed by atoms with Crippen molar-refractivity contribution in [2.75, 3.05) is 39.5 Å². The molecule has 3 amide bonds. The molecule has 1 aromatic carbocycles. The Balaban J connectivity index is 0.00000100. The number of hydrogen-bond acceptors (Lipinski definition) is 6. The van der Waals surface area contributed by atoms with Crippen LogP contribution in [0.15, 0.2) is 24.3 Å². The summed E-state index contributed by atoms with van der Waals surface area (Å²) in [5.41, 5.74) is 0.977. The van der Waals surface area contributed by atoms with Crippen molar-refractivity contribution in [3.63, 3.8) is 0 Å². The number of methoxy groups -OCH3 is 1. The second-order valence-corrected chi connectivity index (χ2v) is 10.2. The molecule has 0 aliphatic carbocycles. The third-order valence-electron chi connectivity index (χ3n) is 5.01. The van der Waals surface area contributed by atoms with E-state index in [0.717, 1.165) is 16.2 Å². The van der Waals surface area contributed by atoms with Crippen molar-refractivity contribution in [3.8, 4) is 5.75 Å². The average Bonchev–Trinajstić information content (AvgIpc) is 3.42. The monoisotopic (exact) mass is 506 g/mol. The maximum atomic E-state index is 12.5. The van der Waals surface area contributed by atoms with Gasteiger partial charge >= 0.3 is 5.24 Å². The van der Waals surface area contributed by atoms with Gasteiger partial charge in [0.15, 0.2) is 5.78 Å². The number of ketones is 1. The van der Waals surface area contributed by atoms with Crippen molar-refractivity contribution >= 4 is 44.5 Å². The molecule has 0 radical (unpaired) electrons. The molecule has 0 bridgehead atoms. The van der Waals surface area contributed by atoms with Gasteiger partial charge in [-0.05, 0) is 30.5 Å². The largest absolute Gasteiger partial charge is 0.496 e. The van der Waals surface area contributed by atoms with Crippen LogP contribution in [-0.4, -0.2) is 76.5 Å². The number of hydrogen-bond donors (Lipinski definition) is 3. The van der Waals surface area contributed by atoms with Gasteiger partial charge in [0.1, 0.15) is 22.2 Å². The molecule has 2 aromatic rings. The van der Waals surface area contributed by atoms with Crippen molar-refractivity contribution in [2.24, 2.45) is 11.8 Å². The fourth-order valence-corrected chi connectivity index (χ4v) is 3.94. The Morgan fingerprint density at radius 3 is 2.51 bits per heavy atom. The molecule has 2 heterocycles. The molecule has 3 N–H and O–H groups in total. The maximum Gasteiger partial charge on any atom is 0.312 e. The molecule has 2 atom stereocenters. The number of nitrogens with zero attached hydrogens (tertiary/aromatic N) is 1. The van der Waals surface area contributed by atoms with E-state index in [1.54, 1.807) is 24.3 Å². The molecule has 0 spiro atoms. The summed E-state index contributed by atoms with van der Waals surface area (Å²) in [7, 11) is -0.290. The van der Waals surface area contributed by atoms with E-state index >= 15 is 0 Å². The molecular weight excluding hydrogens is 472 g/mol. The number of fused-ring (bicyclic) bond motifs is 1. The molecule has 2 unspecified atom stereocenters. The zero-order valence-corrected chi connectivity index (χ0v) is 21.6. The summed E-state index contributed by atoms with van der Waals surface area (Å²) in [4.78, 5) is 53.0. The van der Waals surface area contributed by atoms with Gasteiger partial charge < -0.3 is 25.3 Å². The Labute approximate surface area is 207 Å². The topological polar surface area (TPSA) is 138 Å². The summed E-state index contributed by atoms with van der Waals surface area (Å²) < 4.78 is 16.9. The molecule has 1 saturated heterocycles. The number of benzene rings is 1. The minimum Gasteiger partial charge on any atom is -0.496 e. The lowest BCUT2D eigenvalue weighted by Crippen LogP contribution is -2.44. The van der Waals surface area contributed by atoms with Crippen LogP contribution in [0.3, 0.4) is 0 Å². The minimum absolute atomic E-state index is 0.00570. The van der Waals surface area contributed by atoms with E-state index in [4.69, 9.17) is 4.74 Å². The highest BCUT2D eigenvalue weighted by molar-refractivity contribution is 7.99. The maximum absolute atomic E-state index is 12.5. The van der Waals surface area contributed by atoms with Crippen LogP contribution in [0.4, 0.5) is 4.79 Å². The normalized spacial score (nSPS) is 15.7. The summed E-state index contributed by atoms with van der Waals surface area (Å²) >= 11 is 0. The molecule has 0 saturated carbocycles. The van der Waals surface area contributed by atoms with Gasteiger partial charge in [-0.25, -0.2) is 4.21 Å². The standard InChI is InChI=1S/C20H24N4O6S.C4H10/c1-30-17-5-3-4-15-14(17)8-16(23-15)19(27)22-9-13(25)11-24(20(28)31(2)29)10-12-6-7-21-18(12)26;1-4(2)3/h3-5,8,12,23H,6-7,9-11H2,1-2H3,(H,21,26)(H,22,27);4H,1-3H3. The van der Waals surface area contributed by atoms with Crippen LogP contribution in [0, 0.1) is 11.8 Å². The fraction of sp³-hybridized carbons (Fsp3) is 0.500. The smallest absolute Gasteiger partial charge is 0.312 e. The lowest BCUT2D eigenvalue weighted by molar-refractivity contribution is -0.123. The molecule has 1 aromatic heterocycles. The number of ether oxygens (including phenoxy) is 1. The lowest BCUT2D eigenvalue weighted by atomic mass is 10.1. The highest BCUT2D eigenvalue weighted by atomic mass is 32.2. The Bertz CT molecular complexity index is 1090. The molecule has 35 heavy (non-hydrogen) atoms. The Hall–Kier alpha value is -3.21. The average molecular weight is 507 g/mol. The van der Waals surface area contributed by atoms with Crippen LogP contribution in [-0.2, 0) is 20.4 Å². The zero-order valence-electron chi connectivity index (χ0n) is 20.8. The van der Waals surface area contributed by atoms with Crippen LogP contribution < -0.4 is 15.4 Å². The highest BCUT2D eigenvalue weighted by Gasteiger charge is 2.30. The summed E-state index contributed by atoms with van der Waals surface area (Å²) in [5, 5.41) is 5.20. The molecular formula is C24H34N4O6S. The number of amides is 3. The van der Waals surface area contributed by atoms with Gasteiger partial charge in [-0.2, -0.15) is 0 Å². The second kappa shape index (κ2) is 13.0. The highest BCUT2D eigenvalue weighted by Crippen LogP contribution is 2.25. The summed E-state index contributed by atoms with van der Waals surface area (Å²) in [6.07, 6.45) is 1.76. The summed E-state index contributed by atoms with van der Waals surface area (Å²) in [5.74, 6) is -0.134. The summed E-state index contributed by atoms with van der Waals surface area (Å²) in [6.45, 7) is 6.34. The second-order valence-electron chi connectivity index (χ2n) is 8.94. The van der Waals surface area contributed by atoms with Gasteiger partial charge in [-0.1, -0.05) is 26.8 Å². The number of H-pyrrole nitrogens is 1. The number of Topliss-reactive ketones (excluding diaryl/α,β-unsaturated/α-hetero) is 1. The van der Waals surface area contributed by atoms with Crippen LogP contribution >= 0.6 is 0 Å². The van der Waals surface area contributed by atoms with Crippen LogP contribution in [0.1, 0.15) is 37.7 Å². The summed E-state index contributed by atoms with van der Waals surface area (Å²) in [6, 6.07) is 6.99. The minimum atomic E-state index is -1.82. The fourth-order valence-electron chi connectivity index (χ4n) is 3.44. The SMILES string of the molecule is CC(C)C.COc1cccc2[nH]c(C(=O)NCC(=O)CN(CC3CCNC3=O)C(=O)S(C)=O)cc12. The van der Waals surface area contributed by atoms with E-state index in [0.29, 0.717) is 24.2 Å². The van der Waals surface area contributed by atoms with Crippen molar-refractivity contribution < 1.29 is 28.1 Å². The van der Waals surface area contributed by atoms with Crippen LogP contribution in [0.2, 0.25) is 0 Å². The first-order valence-corrected chi connectivity index (χ1v) is 12.9. The van der Waals surface area contributed by atoms with Gasteiger partial charge in [0.2, 0.25) is 5.91 Å². The molecule has 1 aliphatic rings. The van der Waals surface area contributed by atoms with Gasteiger partial charge in [0, 0.05) is 30.2 Å². The van der Waals surface area contributed by atoms with E-state index in [9.17, 15) is 23.4 Å². The van der Waals surface area contributed by atoms with Gasteiger partial charge in [0.25, 0.3) is 5.91 Å². The van der Waals surface area contributed by atoms with Crippen LogP contribution in [0.25, 0.3) is 10.9 Å². The Morgan fingerprint density at radius 1 is 1.26 bits per heavy atom. The number of aromatic nitrogens is 1. The van der Waals surface area contributed by atoms with Crippen molar-refractivity contribution in [1.29, 1.82) is 0 Å². The number of nitrogens with one attached hydrogen (secondary N) is 3. The van der Waals surface area contributed by atoms with E-state index in [1.807, 2.05) is 0 Å². The molecule has 11 heteroatoms. The van der Waals surface area contributed by atoms with Crippen LogP contribution in [0.5, 0.6) is 5.75 Å². The van der Waals surface area contributed by atoms with E-state index < -0.39 is 33.6 Å². The van der Waals surface area contributed by atoms with E-state index in [2.05, 4.69) is 36.4 Å². The van der Waals surface area contributed by atoms with E-state index in [-0.39, 0.29) is 31.2 Å².